The first-order valence-corrected chi connectivity index (χ1v) is 6.55. The van der Waals surface area contributed by atoms with Gasteiger partial charge in [-0.25, -0.2) is 4.39 Å². The number of hydrogen-bond acceptors (Lipinski definition) is 3. The quantitative estimate of drug-likeness (QED) is 0.801. The zero-order valence-corrected chi connectivity index (χ0v) is 11.9. The Hall–Kier alpha value is -2.11. The molecule has 20 heavy (non-hydrogen) atoms. The summed E-state index contributed by atoms with van der Waals surface area (Å²) in [6.45, 7) is 6.41. The first-order chi connectivity index (χ1) is 9.40. The molecule has 0 heterocycles. The van der Waals surface area contributed by atoms with Crippen molar-refractivity contribution in [2.24, 2.45) is 0 Å². The minimum absolute atomic E-state index is 0.126. The normalized spacial score (nSPS) is 11.8. The topological polar surface area (TPSA) is 75.4 Å². The van der Waals surface area contributed by atoms with Crippen LogP contribution in [0.25, 0.3) is 0 Å². The zero-order valence-electron chi connectivity index (χ0n) is 11.9. The first-order valence-electron chi connectivity index (χ1n) is 6.55. The predicted molar refractivity (Wildman–Crippen MR) is 75.7 cm³/mol. The van der Waals surface area contributed by atoms with Crippen LogP contribution in [-0.2, 0) is 4.79 Å². The van der Waals surface area contributed by atoms with Crippen LogP contribution in [0.1, 0.15) is 31.1 Å². The van der Waals surface area contributed by atoms with Gasteiger partial charge in [0, 0.05) is 18.8 Å². The molecule has 0 saturated heterocycles. The number of carbonyl (C=O) groups is 2. The van der Waals surface area contributed by atoms with Gasteiger partial charge in [0.05, 0.1) is 5.56 Å². The van der Waals surface area contributed by atoms with Crippen LogP contribution in [0.4, 0.5) is 10.1 Å². The number of nitrogen functional groups attached to an aromatic ring is 1. The third kappa shape index (κ3) is 3.69. The van der Waals surface area contributed by atoms with Crippen molar-refractivity contribution < 1.29 is 14.0 Å². The molecule has 0 radical (unpaired) electrons. The summed E-state index contributed by atoms with van der Waals surface area (Å²) in [5.74, 6) is -1.53. The summed E-state index contributed by atoms with van der Waals surface area (Å²) in [7, 11) is 0. The summed E-state index contributed by atoms with van der Waals surface area (Å²) >= 11 is 0. The third-order valence-corrected chi connectivity index (χ3v) is 3.03. The summed E-state index contributed by atoms with van der Waals surface area (Å²) in [6.07, 6.45) is 0. The lowest BCUT2D eigenvalue weighted by molar-refractivity contribution is -0.132. The Morgan fingerprint density at radius 2 is 1.95 bits per heavy atom. The van der Waals surface area contributed by atoms with E-state index in [0.717, 1.165) is 6.07 Å². The van der Waals surface area contributed by atoms with Gasteiger partial charge in [0.15, 0.2) is 0 Å². The van der Waals surface area contributed by atoms with E-state index in [1.54, 1.807) is 11.8 Å². The van der Waals surface area contributed by atoms with Gasteiger partial charge in [0.2, 0.25) is 5.91 Å². The molecule has 1 aromatic carbocycles. The van der Waals surface area contributed by atoms with E-state index in [9.17, 15) is 14.0 Å². The zero-order chi connectivity index (χ0) is 15.3. The number of rotatable bonds is 5. The molecular weight excluding hydrogens is 261 g/mol. The fourth-order valence-corrected chi connectivity index (χ4v) is 1.86. The molecule has 1 atom stereocenters. The van der Waals surface area contributed by atoms with Gasteiger partial charge in [-0.15, -0.1) is 0 Å². The molecule has 0 aromatic heterocycles. The van der Waals surface area contributed by atoms with Gasteiger partial charge in [-0.3, -0.25) is 9.59 Å². The molecule has 0 aliphatic rings. The van der Waals surface area contributed by atoms with Gasteiger partial charge >= 0.3 is 0 Å². The predicted octanol–water partition coefficient (Wildman–Crippen LogP) is 1.39. The highest BCUT2D eigenvalue weighted by Crippen LogP contribution is 2.12. The van der Waals surface area contributed by atoms with Gasteiger partial charge in [-0.2, -0.15) is 0 Å². The van der Waals surface area contributed by atoms with Crippen LogP contribution in [-0.4, -0.2) is 35.8 Å². The van der Waals surface area contributed by atoms with Crippen LogP contribution in [0.3, 0.4) is 0 Å². The van der Waals surface area contributed by atoms with Crippen LogP contribution in [0.15, 0.2) is 18.2 Å². The van der Waals surface area contributed by atoms with Crippen LogP contribution in [0, 0.1) is 5.82 Å². The van der Waals surface area contributed by atoms with E-state index in [2.05, 4.69) is 5.32 Å². The highest BCUT2D eigenvalue weighted by atomic mass is 19.1. The second-order valence-electron chi connectivity index (χ2n) is 4.44. The Balaban J connectivity index is 2.77. The summed E-state index contributed by atoms with van der Waals surface area (Å²) in [5.41, 5.74) is 5.54. The van der Waals surface area contributed by atoms with E-state index in [0.29, 0.717) is 13.1 Å². The molecule has 6 heteroatoms. The molecule has 110 valence electrons. The fourth-order valence-electron chi connectivity index (χ4n) is 1.86. The number of halogens is 1. The molecule has 5 nitrogen and oxygen atoms in total. The van der Waals surface area contributed by atoms with Crippen LogP contribution >= 0.6 is 0 Å². The average Bonchev–Trinajstić information content (AvgIpc) is 2.39. The Labute approximate surface area is 117 Å². The van der Waals surface area contributed by atoms with E-state index >= 15 is 0 Å². The van der Waals surface area contributed by atoms with E-state index in [4.69, 9.17) is 5.73 Å². The standard InChI is InChI=1S/C14H20FN3O2/c1-4-18(5-2)14(20)9(3)17-13(19)11-7-6-10(16)8-12(11)15/h6-9H,4-5,16H2,1-3H3,(H,17,19). The molecule has 0 bridgehead atoms. The molecule has 1 rings (SSSR count). The van der Waals surface area contributed by atoms with Gasteiger partial charge < -0.3 is 16.0 Å². The van der Waals surface area contributed by atoms with E-state index in [1.165, 1.54) is 12.1 Å². The molecular formula is C14H20FN3O2. The molecule has 0 aliphatic carbocycles. The van der Waals surface area contributed by atoms with E-state index in [-0.39, 0.29) is 17.2 Å². The van der Waals surface area contributed by atoms with Crippen molar-refractivity contribution in [1.29, 1.82) is 0 Å². The number of anilines is 1. The maximum absolute atomic E-state index is 13.6. The van der Waals surface area contributed by atoms with Gasteiger partial charge in [-0.05, 0) is 39.0 Å². The maximum atomic E-state index is 13.6. The van der Waals surface area contributed by atoms with Crippen molar-refractivity contribution in [2.45, 2.75) is 26.8 Å². The minimum Gasteiger partial charge on any atom is -0.399 e. The molecule has 1 aromatic rings. The van der Waals surface area contributed by atoms with Crippen LogP contribution < -0.4 is 11.1 Å². The molecule has 0 aliphatic heterocycles. The van der Waals surface area contributed by atoms with Crippen molar-refractivity contribution in [3.8, 4) is 0 Å². The van der Waals surface area contributed by atoms with E-state index < -0.39 is 17.8 Å². The Morgan fingerprint density at radius 3 is 2.45 bits per heavy atom. The Bertz CT molecular complexity index is 501. The number of hydrogen-bond donors (Lipinski definition) is 2. The number of nitrogens with one attached hydrogen (secondary N) is 1. The smallest absolute Gasteiger partial charge is 0.254 e. The minimum atomic E-state index is -0.709. The van der Waals surface area contributed by atoms with Gasteiger partial charge in [-0.1, -0.05) is 0 Å². The maximum Gasteiger partial charge on any atom is 0.254 e. The summed E-state index contributed by atoms with van der Waals surface area (Å²) in [6, 6.07) is 3.11. The van der Waals surface area contributed by atoms with Gasteiger partial charge in [0.1, 0.15) is 11.9 Å². The molecule has 1 unspecified atom stereocenters. The van der Waals surface area contributed by atoms with E-state index in [1.807, 2.05) is 13.8 Å². The number of benzene rings is 1. The first kappa shape index (κ1) is 15.9. The summed E-state index contributed by atoms with van der Waals surface area (Å²) in [4.78, 5) is 25.5. The highest BCUT2D eigenvalue weighted by molar-refractivity contribution is 5.97. The lowest BCUT2D eigenvalue weighted by Crippen LogP contribution is -2.47. The number of likely N-dealkylation sites (N-methyl/N-ethyl adjacent to an activating group) is 1. The number of carbonyl (C=O) groups excluding carboxylic acids is 2. The third-order valence-electron chi connectivity index (χ3n) is 3.03. The molecule has 0 spiro atoms. The van der Waals surface area contributed by atoms with Crippen molar-refractivity contribution in [3.05, 3.63) is 29.6 Å². The second-order valence-corrected chi connectivity index (χ2v) is 4.44. The lowest BCUT2D eigenvalue weighted by atomic mass is 10.1. The Morgan fingerprint density at radius 1 is 1.35 bits per heavy atom. The molecule has 2 amide bonds. The number of nitrogens with two attached hydrogens (primary N) is 1. The SMILES string of the molecule is CCN(CC)C(=O)C(C)NC(=O)c1ccc(N)cc1F. The average molecular weight is 281 g/mol. The monoisotopic (exact) mass is 281 g/mol. The van der Waals surface area contributed by atoms with Crippen LogP contribution in [0.5, 0.6) is 0 Å². The van der Waals surface area contributed by atoms with Crippen molar-refractivity contribution in [1.82, 2.24) is 10.2 Å². The fraction of sp³-hybridized carbons (Fsp3) is 0.429. The van der Waals surface area contributed by atoms with Crippen molar-refractivity contribution >= 4 is 17.5 Å². The van der Waals surface area contributed by atoms with Crippen molar-refractivity contribution in [2.75, 3.05) is 18.8 Å². The summed E-state index contributed by atoms with van der Waals surface area (Å²) < 4.78 is 13.6. The van der Waals surface area contributed by atoms with Crippen molar-refractivity contribution in [3.63, 3.8) is 0 Å². The largest absolute Gasteiger partial charge is 0.399 e. The Kier molecular flexibility index (Phi) is 5.49. The number of nitrogens with zero attached hydrogens (tertiary/aromatic N) is 1. The summed E-state index contributed by atoms with van der Waals surface area (Å²) in [5, 5.41) is 2.49. The molecule has 3 N–H and O–H groups in total. The second kappa shape index (κ2) is 6.88. The highest BCUT2D eigenvalue weighted by Gasteiger charge is 2.21. The number of amides is 2. The van der Waals surface area contributed by atoms with Gasteiger partial charge in [0.25, 0.3) is 5.91 Å². The van der Waals surface area contributed by atoms with Crippen LogP contribution in [0.2, 0.25) is 0 Å². The molecule has 0 saturated carbocycles. The lowest BCUT2D eigenvalue weighted by Gasteiger charge is -2.23. The molecule has 0 fully saturated rings.